The summed E-state index contributed by atoms with van der Waals surface area (Å²) in [6.07, 6.45) is 2.54. The Morgan fingerprint density at radius 1 is 1.44 bits per heavy atom. The van der Waals surface area contributed by atoms with Crippen molar-refractivity contribution in [1.29, 1.82) is 0 Å². The molecule has 0 aliphatic rings. The summed E-state index contributed by atoms with van der Waals surface area (Å²) in [6.45, 7) is 5.32. The van der Waals surface area contributed by atoms with E-state index < -0.39 is 0 Å². The smallest absolute Gasteiger partial charge is 0.247 e. The fourth-order valence-corrected chi connectivity index (χ4v) is 1.34. The van der Waals surface area contributed by atoms with Crippen LogP contribution in [-0.4, -0.2) is 11.7 Å². The Balaban J connectivity index is 2.82. The molecule has 1 N–H and O–H groups in total. The van der Waals surface area contributed by atoms with E-state index in [2.05, 4.69) is 11.9 Å². The molecule has 1 rings (SSSR count). The molecule has 0 spiro atoms. The SMILES string of the molecule is C=CC(=O)Nc1cccc(C(=O)CCC)c1. The van der Waals surface area contributed by atoms with E-state index in [1.807, 2.05) is 6.92 Å². The van der Waals surface area contributed by atoms with Crippen molar-refractivity contribution in [3.05, 3.63) is 42.5 Å². The third-order valence-corrected chi connectivity index (χ3v) is 2.11. The second-order valence-corrected chi connectivity index (χ2v) is 3.45. The lowest BCUT2D eigenvalue weighted by atomic mass is 10.1. The van der Waals surface area contributed by atoms with Crippen molar-refractivity contribution in [2.45, 2.75) is 19.8 Å². The minimum Gasteiger partial charge on any atom is -0.323 e. The molecule has 1 aromatic rings. The zero-order chi connectivity index (χ0) is 12.0. The Bertz CT molecular complexity index is 410. The van der Waals surface area contributed by atoms with Crippen molar-refractivity contribution >= 4 is 17.4 Å². The monoisotopic (exact) mass is 217 g/mol. The van der Waals surface area contributed by atoms with Crippen LogP contribution in [0, 0.1) is 0 Å². The van der Waals surface area contributed by atoms with Gasteiger partial charge in [-0.25, -0.2) is 0 Å². The first-order valence-corrected chi connectivity index (χ1v) is 5.24. The zero-order valence-corrected chi connectivity index (χ0v) is 9.32. The first-order valence-electron chi connectivity index (χ1n) is 5.24. The molecular weight excluding hydrogens is 202 g/mol. The summed E-state index contributed by atoms with van der Waals surface area (Å²) < 4.78 is 0. The zero-order valence-electron chi connectivity index (χ0n) is 9.32. The second-order valence-electron chi connectivity index (χ2n) is 3.45. The van der Waals surface area contributed by atoms with Crippen molar-refractivity contribution in [3.8, 4) is 0 Å². The van der Waals surface area contributed by atoms with E-state index in [0.29, 0.717) is 17.7 Å². The molecule has 16 heavy (non-hydrogen) atoms. The number of ketones is 1. The van der Waals surface area contributed by atoms with Crippen LogP contribution in [0.2, 0.25) is 0 Å². The molecule has 84 valence electrons. The number of rotatable bonds is 5. The third-order valence-electron chi connectivity index (χ3n) is 2.11. The van der Waals surface area contributed by atoms with Crippen LogP contribution in [0.4, 0.5) is 5.69 Å². The molecule has 0 bridgehead atoms. The van der Waals surface area contributed by atoms with Crippen LogP contribution in [0.5, 0.6) is 0 Å². The molecular formula is C13H15NO2. The molecule has 1 aromatic carbocycles. The highest BCUT2D eigenvalue weighted by Crippen LogP contribution is 2.13. The summed E-state index contributed by atoms with van der Waals surface area (Å²) in [5.74, 6) is -0.183. The number of hydrogen-bond donors (Lipinski definition) is 1. The number of benzene rings is 1. The topological polar surface area (TPSA) is 46.2 Å². The maximum atomic E-state index is 11.6. The number of Topliss-reactive ketones (excluding diaryl/α,β-unsaturated/α-hetero) is 1. The van der Waals surface area contributed by atoms with Gasteiger partial charge in [-0.2, -0.15) is 0 Å². The summed E-state index contributed by atoms with van der Waals surface area (Å²) in [5, 5.41) is 2.62. The first kappa shape index (κ1) is 12.2. The minimum atomic E-state index is -0.278. The van der Waals surface area contributed by atoms with E-state index in [1.54, 1.807) is 24.3 Å². The Morgan fingerprint density at radius 2 is 2.19 bits per heavy atom. The van der Waals surface area contributed by atoms with Crippen LogP contribution in [0.1, 0.15) is 30.1 Å². The number of carbonyl (C=O) groups is 2. The molecule has 0 aromatic heterocycles. The van der Waals surface area contributed by atoms with E-state index in [-0.39, 0.29) is 11.7 Å². The lowest BCUT2D eigenvalue weighted by Crippen LogP contribution is -2.08. The van der Waals surface area contributed by atoms with E-state index >= 15 is 0 Å². The summed E-state index contributed by atoms with van der Waals surface area (Å²) >= 11 is 0. The largest absolute Gasteiger partial charge is 0.323 e. The van der Waals surface area contributed by atoms with Crippen LogP contribution in [0.15, 0.2) is 36.9 Å². The quantitative estimate of drug-likeness (QED) is 0.609. The van der Waals surface area contributed by atoms with Gasteiger partial charge in [-0.1, -0.05) is 25.6 Å². The molecule has 0 atom stereocenters. The minimum absolute atomic E-state index is 0.0946. The number of hydrogen-bond acceptors (Lipinski definition) is 2. The van der Waals surface area contributed by atoms with Gasteiger partial charge in [0.2, 0.25) is 5.91 Å². The van der Waals surface area contributed by atoms with Crippen molar-refractivity contribution < 1.29 is 9.59 Å². The molecule has 0 radical (unpaired) electrons. The molecule has 0 aliphatic heterocycles. The van der Waals surface area contributed by atoms with E-state index in [1.165, 1.54) is 6.08 Å². The predicted octanol–water partition coefficient (Wildman–Crippen LogP) is 2.79. The van der Waals surface area contributed by atoms with Crippen molar-refractivity contribution in [1.82, 2.24) is 0 Å². The first-order chi connectivity index (χ1) is 7.67. The van der Waals surface area contributed by atoms with E-state index in [0.717, 1.165) is 6.42 Å². The van der Waals surface area contributed by atoms with Crippen LogP contribution < -0.4 is 5.32 Å². The number of nitrogens with one attached hydrogen (secondary N) is 1. The Morgan fingerprint density at radius 3 is 2.81 bits per heavy atom. The van der Waals surface area contributed by atoms with Crippen LogP contribution in [0.25, 0.3) is 0 Å². The van der Waals surface area contributed by atoms with Crippen LogP contribution >= 0.6 is 0 Å². The summed E-state index contributed by atoms with van der Waals surface area (Å²) in [5.41, 5.74) is 1.25. The normalized spacial score (nSPS) is 9.56. The molecule has 0 aliphatic carbocycles. The highest BCUT2D eigenvalue weighted by atomic mass is 16.1. The summed E-state index contributed by atoms with van der Waals surface area (Å²) in [6, 6.07) is 6.92. The van der Waals surface area contributed by atoms with Gasteiger partial charge in [0.1, 0.15) is 0 Å². The Hall–Kier alpha value is -1.90. The van der Waals surface area contributed by atoms with Gasteiger partial charge in [0, 0.05) is 17.7 Å². The molecule has 0 saturated heterocycles. The van der Waals surface area contributed by atoms with Gasteiger partial charge in [-0.3, -0.25) is 9.59 Å². The second kappa shape index (κ2) is 5.85. The number of amides is 1. The molecule has 0 fully saturated rings. The van der Waals surface area contributed by atoms with E-state index in [4.69, 9.17) is 0 Å². The van der Waals surface area contributed by atoms with Gasteiger partial charge in [-0.05, 0) is 24.6 Å². The molecule has 0 unspecified atom stereocenters. The van der Waals surface area contributed by atoms with Gasteiger partial charge < -0.3 is 5.32 Å². The van der Waals surface area contributed by atoms with Gasteiger partial charge in [0.25, 0.3) is 0 Å². The van der Waals surface area contributed by atoms with Crippen molar-refractivity contribution in [3.63, 3.8) is 0 Å². The maximum absolute atomic E-state index is 11.6. The van der Waals surface area contributed by atoms with Crippen molar-refractivity contribution in [2.24, 2.45) is 0 Å². The van der Waals surface area contributed by atoms with Gasteiger partial charge >= 0.3 is 0 Å². The predicted molar refractivity (Wildman–Crippen MR) is 64.5 cm³/mol. The highest BCUT2D eigenvalue weighted by molar-refractivity contribution is 6.01. The fourth-order valence-electron chi connectivity index (χ4n) is 1.34. The van der Waals surface area contributed by atoms with Gasteiger partial charge in [0.05, 0.1) is 0 Å². The molecule has 3 heteroatoms. The van der Waals surface area contributed by atoms with Crippen molar-refractivity contribution in [2.75, 3.05) is 5.32 Å². The molecule has 0 heterocycles. The Labute approximate surface area is 95.2 Å². The van der Waals surface area contributed by atoms with E-state index in [9.17, 15) is 9.59 Å². The number of carbonyl (C=O) groups excluding carboxylic acids is 2. The van der Waals surface area contributed by atoms with Gasteiger partial charge in [-0.15, -0.1) is 0 Å². The lowest BCUT2D eigenvalue weighted by Gasteiger charge is -2.04. The molecule has 3 nitrogen and oxygen atoms in total. The lowest BCUT2D eigenvalue weighted by molar-refractivity contribution is -0.111. The average molecular weight is 217 g/mol. The summed E-state index contributed by atoms with van der Waals surface area (Å²) in [4.78, 5) is 22.7. The third kappa shape index (κ3) is 3.35. The fraction of sp³-hybridized carbons (Fsp3) is 0.231. The number of anilines is 1. The Kier molecular flexibility index (Phi) is 4.45. The van der Waals surface area contributed by atoms with Crippen LogP contribution in [-0.2, 0) is 4.79 Å². The van der Waals surface area contributed by atoms with Crippen LogP contribution in [0.3, 0.4) is 0 Å². The molecule has 1 amide bonds. The molecule has 0 saturated carbocycles. The summed E-state index contributed by atoms with van der Waals surface area (Å²) in [7, 11) is 0. The standard InChI is InChI=1S/C13H15NO2/c1-3-6-12(15)10-7-5-8-11(9-10)14-13(16)4-2/h4-5,7-9H,2-3,6H2,1H3,(H,14,16). The average Bonchev–Trinajstić information content (AvgIpc) is 2.29. The maximum Gasteiger partial charge on any atom is 0.247 e. The van der Waals surface area contributed by atoms with Gasteiger partial charge in [0.15, 0.2) is 5.78 Å². The highest BCUT2D eigenvalue weighted by Gasteiger charge is 2.05.